The summed E-state index contributed by atoms with van der Waals surface area (Å²) in [5.74, 6) is -1.01. The summed E-state index contributed by atoms with van der Waals surface area (Å²) in [5, 5.41) is 18.2. The molecule has 0 saturated heterocycles. The van der Waals surface area contributed by atoms with Crippen LogP contribution in [0.5, 0.6) is 0 Å². The van der Waals surface area contributed by atoms with Gasteiger partial charge in [0, 0.05) is 13.1 Å². The van der Waals surface area contributed by atoms with Gasteiger partial charge in [0.15, 0.2) is 5.65 Å². The first-order chi connectivity index (χ1) is 7.58. The van der Waals surface area contributed by atoms with Gasteiger partial charge in [-0.2, -0.15) is 5.10 Å². The van der Waals surface area contributed by atoms with Crippen LogP contribution in [0.4, 0.5) is 5.82 Å². The second-order valence-corrected chi connectivity index (χ2v) is 3.18. The third kappa shape index (κ3) is 1.70. The molecule has 82 valence electrons. The Labute approximate surface area is 89.5 Å². The zero-order valence-electron chi connectivity index (χ0n) is 8.31. The van der Waals surface area contributed by atoms with Gasteiger partial charge < -0.3 is 10.4 Å². The second-order valence-electron chi connectivity index (χ2n) is 3.18. The molecule has 0 aromatic carbocycles. The molecule has 0 aliphatic heterocycles. The molecule has 2 rings (SSSR count). The predicted molar refractivity (Wildman–Crippen MR) is 55.2 cm³/mol. The van der Waals surface area contributed by atoms with Crippen LogP contribution in [0.3, 0.4) is 0 Å². The van der Waals surface area contributed by atoms with E-state index in [1.165, 1.54) is 19.2 Å². The first-order valence-corrected chi connectivity index (χ1v) is 4.43. The lowest BCUT2D eigenvalue weighted by molar-refractivity contribution is -0.114. The number of nitrogens with zero attached hydrogens (tertiary/aromatic N) is 2. The molecule has 0 radical (unpaired) electrons. The van der Waals surface area contributed by atoms with Gasteiger partial charge in [-0.05, 0) is 6.07 Å². The number of carbonyl (C=O) groups is 2. The number of carbonyl (C=O) groups excluding carboxylic acids is 1. The smallest absolute Gasteiger partial charge is 0.337 e. The summed E-state index contributed by atoms with van der Waals surface area (Å²) in [4.78, 5) is 25.5. The number of pyridine rings is 1. The fourth-order valence-electron chi connectivity index (χ4n) is 1.29. The number of fused-ring (bicyclic) bond motifs is 1. The molecule has 0 aliphatic carbocycles. The van der Waals surface area contributed by atoms with Crippen LogP contribution < -0.4 is 5.32 Å². The van der Waals surface area contributed by atoms with Gasteiger partial charge >= 0.3 is 5.97 Å². The van der Waals surface area contributed by atoms with Crippen molar-refractivity contribution in [3.05, 3.63) is 17.8 Å². The molecule has 0 fully saturated rings. The molecule has 0 saturated carbocycles. The molecule has 2 heterocycles. The summed E-state index contributed by atoms with van der Waals surface area (Å²) in [5.41, 5.74) is 0.397. The minimum Gasteiger partial charge on any atom is -0.478 e. The predicted octanol–water partition coefficient (Wildman–Crippen LogP) is 0.614. The Morgan fingerprint density at radius 3 is 2.88 bits per heavy atom. The van der Waals surface area contributed by atoms with Crippen molar-refractivity contribution in [3.63, 3.8) is 0 Å². The number of rotatable bonds is 2. The Morgan fingerprint density at radius 2 is 2.25 bits per heavy atom. The largest absolute Gasteiger partial charge is 0.478 e. The van der Waals surface area contributed by atoms with E-state index in [0.29, 0.717) is 16.9 Å². The Hall–Kier alpha value is -2.44. The van der Waals surface area contributed by atoms with E-state index in [9.17, 15) is 9.59 Å². The van der Waals surface area contributed by atoms with E-state index in [1.54, 1.807) is 0 Å². The lowest BCUT2D eigenvalue weighted by atomic mass is 10.2. The average molecular weight is 220 g/mol. The summed E-state index contributed by atoms with van der Waals surface area (Å²) in [6.07, 6.45) is 1.21. The van der Waals surface area contributed by atoms with Crippen molar-refractivity contribution >= 4 is 28.7 Å². The van der Waals surface area contributed by atoms with E-state index in [0.717, 1.165) is 0 Å². The maximum atomic E-state index is 10.9. The molecular formula is C9H8N4O3. The van der Waals surface area contributed by atoms with E-state index >= 15 is 0 Å². The van der Waals surface area contributed by atoms with Crippen molar-refractivity contribution in [3.8, 4) is 0 Å². The van der Waals surface area contributed by atoms with Gasteiger partial charge in [0.05, 0.1) is 10.9 Å². The summed E-state index contributed by atoms with van der Waals surface area (Å²) < 4.78 is 0. The zero-order valence-corrected chi connectivity index (χ0v) is 8.31. The van der Waals surface area contributed by atoms with Gasteiger partial charge in [-0.25, -0.2) is 9.78 Å². The van der Waals surface area contributed by atoms with Crippen molar-refractivity contribution < 1.29 is 14.7 Å². The molecule has 0 unspecified atom stereocenters. The van der Waals surface area contributed by atoms with Gasteiger partial charge in [-0.1, -0.05) is 0 Å². The molecule has 16 heavy (non-hydrogen) atoms. The number of amides is 1. The Bertz CT molecular complexity index is 575. The zero-order chi connectivity index (χ0) is 11.7. The number of hydrogen-bond acceptors (Lipinski definition) is 4. The van der Waals surface area contributed by atoms with Crippen LogP contribution in [-0.4, -0.2) is 32.2 Å². The van der Waals surface area contributed by atoms with Gasteiger partial charge in [-0.3, -0.25) is 9.89 Å². The number of aromatic carboxylic acids is 1. The van der Waals surface area contributed by atoms with E-state index in [2.05, 4.69) is 20.5 Å². The van der Waals surface area contributed by atoms with Gasteiger partial charge in [0.1, 0.15) is 5.82 Å². The first kappa shape index (κ1) is 10.1. The van der Waals surface area contributed by atoms with E-state index < -0.39 is 5.97 Å². The van der Waals surface area contributed by atoms with Crippen LogP contribution in [0, 0.1) is 0 Å². The molecule has 0 aliphatic rings. The molecule has 0 spiro atoms. The SMILES string of the molecule is CC(=O)Nc1[nH]nc2ncc(C(=O)O)cc12. The molecular weight excluding hydrogens is 212 g/mol. The summed E-state index contributed by atoms with van der Waals surface area (Å²) in [6, 6.07) is 1.40. The molecule has 1 amide bonds. The highest BCUT2D eigenvalue weighted by atomic mass is 16.4. The minimum atomic E-state index is -1.08. The van der Waals surface area contributed by atoms with Gasteiger partial charge in [-0.15, -0.1) is 0 Å². The highest BCUT2D eigenvalue weighted by Gasteiger charge is 2.11. The molecule has 0 bridgehead atoms. The fraction of sp³-hybridized carbons (Fsp3) is 0.111. The number of carboxylic acids is 1. The van der Waals surface area contributed by atoms with E-state index in [1.807, 2.05) is 0 Å². The standard InChI is InChI=1S/C9H8N4O3/c1-4(14)11-8-6-2-5(9(15)16)3-10-7(6)12-13-8/h2-3H,1H3,(H,15,16)(H2,10,11,12,13,14). The molecule has 2 aromatic heterocycles. The maximum absolute atomic E-state index is 10.9. The van der Waals surface area contributed by atoms with Crippen molar-refractivity contribution in [1.29, 1.82) is 0 Å². The Kier molecular flexibility index (Phi) is 2.28. The summed E-state index contributed by atoms with van der Waals surface area (Å²) in [6.45, 7) is 1.35. The number of H-pyrrole nitrogens is 1. The van der Waals surface area contributed by atoms with Crippen LogP contribution in [0.25, 0.3) is 11.0 Å². The van der Waals surface area contributed by atoms with E-state index in [-0.39, 0.29) is 11.5 Å². The lowest BCUT2D eigenvalue weighted by Crippen LogP contribution is -2.06. The lowest BCUT2D eigenvalue weighted by Gasteiger charge is -1.98. The number of anilines is 1. The highest BCUT2D eigenvalue weighted by molar-refractivity contribution is 6.00. The van der Waals surface area contributed by atoms with Crippen LogP contribution >= 0.6 is 0 Å². The maximum Gasteiger partial charge on any atom is 0.337 e. The van der Waals surface area contributed by atoms with Gasteiger partial charge in [0.25, 0.3) is 0 Å². The number of hydrogen-bond donors (Lipinski definition) is 3. The van der Waals surface area contributed by atoms with Crippen LogP contribution in [0.1, 0.15) is 17.3 Å². The van der Waals surface area contributed by atoms with E-state index in [4.69, 9.17) is 5.11 Å². The number of nitrogens with one attached hydrogen (secondary N) is 2. The highest BCUT2D eigenvalue weighted by Crippen LogP contribution is 2.19. The molecule has 2 aromatic rings. The average Bonchev–Trinajstić information content (AvgIpc) is 2.60. The fourth-order valence-corrected chi connectivity index (χ4v) is 1.29. The molecule has 7 heteroatoms. The van der Waals surface area contributed by atoms with Crippen molar-refractivity contribution in [2.75, 3.05) is 5.32 Å². The van der Waals surface area contributed by atoms with Crippen LogP contribution in [0.15, 0.2) is 12.3 Å². The quantitative estimate of drug-likeness (QED) is 0.687. The molecule has 0 atom stereocenters. The molecule has 3 N–H and O–H groups in total. The first-order valence-electron chi connectivity index (χ1n) is 4.43. The van der Waals surface area contributed by atoms with Crippen molar-refractivity contribution in [2.45, 2.75) is 6.92 Å². The summed E-state index contributed by atoms with van der Waals surface area (Å²) in [7, 11) is 0. The van der Waals surface area contributed by atoms with Crippen molar-refractivity contribution in [1.82, 2.24) is 15.2 Å². The van der Waals surface area contributed by atoms with Crippen LogP contribution in [0.2, 0.25) is 0 Å². The number of carboxylic acid groups (broad SMARTS) is 1. The van der Waals surface area contributed by atoms with Crippen LogP contribution in [-0.2, 0) is 4.79 Å². The Balaban J connectivity index is 2.55. The third-order valence-corrected chi connectivity index (χ3v) is 1.96. The second kappa shape index (κ2) is 3.61. The Morgan fingerprint density at radius 1 is 1.50 bits per heavy atom. The third-order valence-electron chi connectivity index (χ3n) is 1.96. The monoisotopic (exact) mass is 220 g/mol. The van der Waals surface area contributed by atoms with Crippen molar-refractivity contribution in [2.24, 2.45) is 0 Å². The normalized spacial score (nSPS) is 10.3. The molecule has 7 nitrogen and oxygen atoms in total. The topological polar surface area (TPSA) is 108 Å². The minimum absolute atomic E-state index is 0.0421. The summed E-state index contributed by atoms with van der Waals surface area (Å²) >= 11 is 0. The number of aromatic amines is 1. The number of aromatic nitrogens is 3. The van der Waals surface area contributed by atoms with Gasteiger partial charge in [0.2, 0.25) is 5.91 Å².